The number of nitrogens with zero attached hydrogens (tertiary/aromatic N) is 5. The topological polar surface area (TPSA) is 63.9 Å². The van der Waals surface area contributed by atoms with Gasteiger partial charge in [-0.2, -0.15) is 4.68 Å². The number of benzene rings is 2. The number of tetrazole rings is 1. The standard InChI is InChI=1S/C22H27N5OS/c1-16(2)19-10-12-20(13-11-19)27-22(23-24-25-27)29-15-21(28)26(17(3)4)14-18-8-6-5-7-9-18/h5-13,16-17H,14-15H2,1-4H3. The lowest BCUT2D eigenvalue weighted by molar-refractivity contribution is -0.130. The fraction of sp³-hybridized carbons (Fsp3) is 0.364. The van der Waals surface area contributed by atoms with Crippen molar-refractivity contribution in [2.45, 2.75) is 51.4 Å². The third-order valence-corrected chi connectivity index (χ3v) is 5.61. The molecular formula is C22H27N5OS. The fourth-order valence-corrected chi connectivity index (χ4v) is 3.76. The van der Waals surface area contributed by atoms with Crippen molar-refractivity contribution in [3.8, 4) is 5.69 Å². The van der Waals surface area contributed by atoms with E-state index in [4.69, 9.17) is 0 Å². The summed E-state index contributed by atoms with van der Waals surface area (Å²) < 4.78 is 1.68. The molecule has 0 N–H and O–H groups in total. The minimum Gasteiger partial charge on any atom is -0.335 e. The van der Waals surface area contributed by atoms with Gasteiger partial charge in [0.2, 0.25) is 11.1 Å². The minimum absolute atomic E-state index is 0.0681. The van der Waals surface area contributed by atoms with E-state index in [9.17, 15) is 4.79 Å². The molecule has 0 atom stereocenters. The van der Waals surface area contributed by atoms with Crippen molar-refractivity contribution < 1.29 is 4.79 Å². The zero-order valence-corrected chi connectivity index (χ0v) is 18.1. The minimum atomic E-state index is 0.0681. The van der Waals surface area contributed by atoms with E-state index in [1.54, 1.807) is 4.68 Å². The Morgan fingerprint density at radius 3 is 2.34 bits per heavy atom. The highest BCUT2D eigenvalue weighted by molar-refractivity contribution is 7.99. The Bertz CT molecular complexity index is 922. The molecule has 0 spiro atoms. The molecule has 3 aromatic rings. The van der Waals surface area contributed by atoms with Crippen molar-refractivity contribution in [1.82, 2.24) is 25.1 Å². The lowest BCUT2D eigenvalue weighted by Crippen LogP contribution is -2.37. The zero-order chi connectivity index (χ0) is 20.8. The van der Waals surface area contributed by atoms with Crippen LogP contribution < -0.4 is 0 Å². The van der Waals surface area contributed by atoms with Crippen molar-refractivity contribution in [2.24, 2.45) is 0 Å². The van der Waals surface area contributed by atoms with Gasteiger partial charge in [0.1, 0.15) is 0 Å². The Hall–Kier alpha value is -2.67. The van der Waals surface area contributed by atoms with Crippen molar-refractivity contribution >= 4 is 17.7 Å². The molecular weight excluding hydrogens is 382 g/mol. The van der Waals surface area contributed by atoms with Crippen LogP contribution in [0, 0.1) is 0 Å². The molecule has 1 amide bonds. The predicted octanol–water partition coefficient (Wildman–Crippen LogP) is 4.32. The van der Waals surface area contributed by atoms with E-state index in [2.05, 4.69) is 41.5 Å². The molecule has 2 aromatic carbocycles. The molecule has 0 aliphatic rings. The molecule has 1 aromatic heterocycles. The zero-order valence-electron chi connectivity index (χ0n) is 17.3. The van der Waals surface area contributed by atoms with Crippen LogP contribution in [0.3, 0.4) is 0 Å². The highest BCUT2D eigenvalue weighted by atomic mass is 32.2. The van der Waals surface area contributed by atoms with Gasteiger partial charge >= 0.3 is 0 Å². The van der Waals surface area contributed by atoms with Gasteiger partial charge in [0.15, 0.2) is 0 Å². The summed E-state index contributed by atoms with van der Waals surface area (Å²) in [5, 5.41) is 12.6. The Balaban J connectivity index is 1.68. The van der Waals surface area contributed by atoms with Crippen LogP contribution in [0.5, 0.6) is 0 Å². The Morgan fingerprint density at radius 2 is 1.72 bits per heavy atom. The predicted molar refractivity (Wildman–Crippen MR) is 116 cm³/mol. The first kappa shape index (κ1) is 21.0. The van der Waals surface area contributed by atoms with E-state index >= 15 is 0 Å². The number of carbonyl (C=O) groups is 1. The molecule has 0 fully saturated rings. The average Bonchev–Trinajstić information content (AvgIpc) is 3.19. The maximum Gasteiger partial charge on any atom is 0.233 e. The third-order valence-electron chi connectivity index (χ3n) is 4.71. The number of amides is 1. The quantitative estimate of drug-likeness (QED) is 0.519. The second-order valence-corrected chi connectivity index (χ2v) is 8.45. The van der Waals surface area contributed by atoms with Gasteiger partial charge in [-0.25, -0.2) is 0 Å². The van der Waals surface area contributed by atoms with Crippen LogP contribution in [-0.4, -0.2) is 42.8 Å². The lowest BCUT2D eigenvalue weighted by Gasteiger charge is -2.26. The van der Waals surface area contributed by atoms with Crippen molar-refractivity contribution in [3.05, 3.63) is 65.7 Å². The molecule has 0 aliphatic carbocycles. The molecule has 6 nitrogen and oxygen atoms in total. The average molecular weight is 410 g/mol. The molecule has 7 heteroatoms. The van der Waals surface area contributed by atoms with E-state index in [0.29, 0.717) is 17.6 Å². The summed E-state index contributed by atoms with van der Waals surface area (Å²) in [7, 11) is 0. The number of rotatable bonds is 8. The molecule has 0 bridgehead atoms. The summed E-state index contributed by atoms with van der Waals surface area (Å²) in [5.41, 5.74) is 3.27. The summed E-state index contributed by atoms with van der Waals surface area (Å²) in [6.07, 6.45) is 0. The van der Waals surface area contributed by atoms with E-state index in [-0.39, 0.29) is 17.7 Å². The van der Waals surface area contributed by atoms with E-state index in [1.807, 2.05) is 61.2 Å². The lowest BCUT2D eigenvalue weighted by atomic mass is 10.0. The summed E-state index contributed by atoms with van der Waals surface area (Å²) in [4.78, 5) is 14.8. The Kier molecular flexibility index (Phi) is 7.04. The van der Waals surface area contributed by atoms with Gasteiger partial charge in [-0.05, 0) is 53.5 Å². The molecule has 0 unspecified atom stereocenters. The van der Waals surface area contributed by atoms with Gasteiger partial charge in [0, 0.05) is 12.6 Å². The molecule has 0 aliphatic heterocycles. The normalized spacial score (nSPS) is 11.2. The number of thioether (sulfide) groups is 1. The first-order chi connectivity index (χ1) is 14.0. The Morgan fingerprint density at radius 1 is 1.03 bits per heavy atom. The highest BCUT2D eigenvalue weighted by Gasteiger charge is 2.19. The van der Waals surface area contributed by atoms with Crippen LogP contribution in [0.15, 0.2) is 59.8 Å². The first-order valence-corrected chi connectivity index (χ1v) is 10.8. The molecule has 0 radical (unpaired) electrons. The number of hydrogen-bond donors (Lipinski definition) is 0. The SMILES string of the molecule is CC(C)c1ccc(-n2nnnc2SCC(=O)N(Cc2ccccc2)C(C)C)cc1. The van der Waals surface area contributed by atoms with Gasteiger partial charge in [0.25, 0.3) is 0 Å². The first-order valence-electron chi connectivity index (χ1n) is 9.80. The van der Waals surface area contributed by atoms with E-state index < -0.39 is 0 Å². The van der Waals surface area contributed by atoms with Crippen LogP contribution in [0.1, 0.15) is 44.7 Å². The van der Waals surface area contributed by atoms with Crippen LogP contribution in [0.4, 0.5) is 0 Å². The summed E-state index contributed by atoms with van der Waals surface area (Å²) >= 11 is 1.36. The largest absolute Gasteiger partial charge is 0.335 e. The summed E-state index contributed by atoms with van der Waals surface area (Å²) in [6.45, 7) is 8.99. The van der Waals surface area contributed by atoms with Gasteiger partial charge in [0.05, 0.1) is 11.4 Å². The third kappa shape index (κ3) is 5.44. The van der Waals surface area contributed by atoms with Gasteiger partial charge in [-0.3, -0.25) is 4.79 Å². The number of carbonyl (C=O) groups excluding carboxylic acids is 1. The fourth-order valence-electron chi connectivity index (χ4n) is 2.98. The maximum atomic E-state index is 12.9. The molecule has 3 rings (SSSR count). The molecule has 1 heterocycles. The molecule has 29 heavy (non-hydrogen) atoms. The van der Waals surface area contributed by atoms with Crippen LogP contribution >= 0.6 is 11.8 Å². The molecule has 0 saturated carbocycles. The van der Waals surface area contributed by atoms with Gasteiger partial charge < -0.3 is 4.90 Å². The van der Waals surface area contributed by atoms with Crippen LogP contribution in [0.2, 0.25) is 0 Å². The maximum absolute atomic E-state index is 12.9. The van der Waals surface area contributed by atoms with E-state index in [0.717, 1.165) is 11.3 Å². The summed E-state index contributed by atoms with van der Waals surface area (Å²) in [5.74, 6) is 0.824. The van der Waals surface area contributed by atoms with Crippen LogP contribution in [0.25, 0.3) is 5.69 Å². The Labute approximate surface area is 176 Å². The van der Waals surface area contributed by atoms with E-state index in [1.165, 1.54) is 17.3 Å². The van der Waals surface area contributed by atoms with Gasteiger partial charge in [-0.1, -0.05) is 68.1 Å². The second kappa shape index (κ2) is 9.69. The second-order valence-electron chi connectivity index (χ2n) is 7.51. The smallest absolute Gasteiger partial charge is 0.233 e. The summed E-state index contributed by atoms with van der Waals surface area (Å²) in [6, 6.07) is 18.3. The highest BCUT2D eigenvalue weighted by Crippen LogP contribution is 2.22. The van der Waals surface area contributed by atoms with Crippen molar-refractivity contribution in [1.29, 1.82) is 0 Å². The van der Waals surface area contributed by atoms with Gasteiger partial charge in [-0.15, -0.1) is 5.10 Å². The van der Waals surface area contributed by atoms with Crippen molar-refractivity contribution in [2.75, 3.05) is 5.75 Å². The monoisotopic (exact) mass is 409 g/mol. The van der Waals surface area contributed by atoms with Crippen LogP contribution in [-0.2, 0) is 11.3 Å². The molecule has 152 valence electrons. The van der Waals surface area contributed by atoms with Crippen molar-refractivity contribution in [3.63, 3.8) is 0 Å². The molecule has 0 saturated heterocycles. The number of hydrogen-bond acceptors (Lipinski definition) is 5. The number of aromatic nitrogens is 4.